The van der Waals surface area contributed by atoms with Crippen molar-refractivity contribution >= 4 is 5.78 Å². The number of ketones is 1. The van der Waals surface area contributed by atoms with Crippen molar-refractivity contribution in [3.8, 4) is 0 Å². The molecule has 3 heteroatoms. The van der Waals surface area contributed by atoms with Crippen LogP contribution in [0.3, 0.4) is 0 Å². The zero-order valence-corrected chi connectivity index (χ0v) is 20.1. The fraction of sp³-hybridized carbons (Fsp3) is 0.750. The first-order chi connectivity index (χ1) is 14.5. The molecule has 3 saturated carbocycles. The van der Waals surface area contributed by atoms with Crippen LogP contribution in [-0.2, 0) is 4.79 Å². The van der Waals surface area contributed by atoms with Crippen molar-refractivity contribution in [2.24, 2.45) is 46.3 Å². The highest BCUT2D eigenvalue weighted by Gasteiger charge is 2.62. The molecule has 3 fully saturated rings. The maximum atomic E-state index is 12.0. The number of hydrogen-bond acceptors (Lipinski definition) is 3. The van der Waals surface area contributed by atoms with Crippen LogP contribution >= 0.6 is 0 Å². The van der Waals surface area contributed by atoms with Crippen LogP contribution in [0.15, 0.2) is 36.0 Å². The summed E-state index contributed by atoms with van der Waals surface area (Å²) in [6, 6.07) is 0. The third kappa shape index (κ3) is 3.60. The van der Waals surface area contributed by atoms with Gasteiger partial charge in [0.15, 0.2) is 5.78 Å². The molecule has 4 aliphatic rings. The van der Waals surface area contributed by atoms with Gasteiger partial charge in [0.1, 0.15) is 0 Å². The van der Waals surface area contributed by atoms with Gasteiger partial charge in [0.25, 0.3) is 0 Å². The quantitative estimate of drug-likeness (QED) is 0.572. The third-order valence-corrected chi connectivity index (χ3v) is 10.1. The zero-order valence-electron chi connectivity index (χ0n) is 20.1. The summed E-state index contributed by atoms with van der Waals surface area (Å²) in [6.45, 7) is 11.1. The molecule has 0 spiro atoms. The molecule has 0 radical (unpaired) electrons. The fourth-order valence-electron chi connectivity index (χ4n) is 7.87. The summed E-state index contributed by atoms with van der Waals surface area (Å²) in [5, 5.41) is 22.4. The van der Waals surface area contributed by atoms with Gasteiger partial charge in [-0.15, -0.1) is 0 Å². The van der Waals surface area contributed by atoms with E-state index in [1.165, 1.54) is 5.57 Å². The highest BCUT2D eigenvalue weighted by Crippen LogP contribution is 2.67. The van der Waals surface area contributed by atoms with E-state index in [9.17, 15) is 15.0 Å². The monoisotopic (exact) mass is 426 g/mol. The normalized spacial score (nSPS) is 42.7. The molecule has 0 amide bonds. The van der Waals surface area contributed by atoms with E-state index >= 15 is 0 Å². The second-order valence-corrected chi connectivity index (χ2v) is 11.9. The van der Waals surface area contributed by atoms with Crippen molar-refractivity contribution in [1.29, 1.82) is 0 Å². The molecular weight excluding hydrogens is 384 g/mol. The van der Waals surface area contributed by atoms with Crippen LogP contribution in [0, 0.1) is 46.3 Å². The molecule has 0 saturated heterocycles. The molecule has 0 aromatic heterocycles. The van der Waals surface area contributed by atoms with E-state index in [-0.39, 0.29) is 29.1 Å². The molecular formula is C28H42O3. The first kappa shape index (κ1) is 23.0. The van der Waals surface area contributed by atoms with Gasteiger partial charge in [-0.2, -0.15) is 0 Å². The maximum Gasteiger partial charge on any atom is 0.178 e. The molecule has 8 atom stereocenters. The van der Waals surface area contributed by atoms with Crippen LogP contribution in [0.5, 0.6) is 0 Å². The van der Waals surface area contributed by atoms with E-state index in [1.54, 1.807) is 6.08 Å². The lowest BCUT2D eigenvalue weighted by Gasteiger charge is -2.58. The van der Waals surface area contributed by atoms with Gasteiger partial charge in [0.2, 0.25) is 0 Å². The summed E-state index contributed by atoms with van der Waals surface area (Å²) < 4.78 is 0. The van der Waals surface area contributed by atoms with Crippen molar-refractivity contribution in [2.45, 2.75) is 78.7 Å². The van der Waals surface area contributed by atoms with E-state index < -0.39 is 5.60 Å². The fourth-order valence-corrected chi connectivity index (χ4v) is 7.87. The first-order valence-corrected chi connectivity index (χ1v) is 12.5. The minimum atomic E-state index is -0.895. The van der Waals surface area contributed by atoms with Gasteiger partial charge in [-0.1, -0.05) is 51.5 Å². The number of carbonyl (C=O) groups excluding carboxylic acids is 1. The Balaban J connectivity index is 1.62. The van der Waals surface area contributed by atoms with E-state index in [0.29, 0.717) is 29.6 Å². The van der Waals surface area contributed by atoms with E-state index in [1.807, 2.05) is 19.1 Å². The third-order valence-electron chi connectivity index (χ3n) is 10.1. The minimum absolute atomic E-state index is 0.0222. The van der Waals surface area contributed by atoms with Crippen molar-refractivity contribution in [3.63, 3.8) is 0 Å². The van der Waals surface area contributed by atoms with Crippen LogP contribution in [-0.4, -0.2) is 28.2 Å². The Kier molecular flexibility index (Phi) is 5.92. The molecule has 4 aliphatic carbocycles. The van der Waals surface area contributed by atoms with Gasteiger partial charge in [-0.25, -0.2) is 0 Å². The molecule has 0 aliphatic heterocycles. The standard InChI is InChI=1S/C28H42O3/c1-18(2)19(3)10-14-27(5,31)25-9-8-24-22-7-6-20-16-21(30)11-13-26(20,4)23(22)12-15-28(24,25)17-29/h10-11,13-14,16,18-19,22-25,29,31H,6-9,12,15,17H2,1-5H3/b14-10+/t19?,22-,23+,24+,25-,26+,27+,28-/m1/s1. The molecule has 3 nitrogen and oxygen atoms in total. The average molecular weight is 427 g/mol. The predicted octanol–water partition coefficient (Wildman–Crippen LogP) is 5.48. The van der Waals surface area contributed by atoms with E-state index in [4.69, 9.17) is 0 Å². The summed E-state index contributed by atoms with van der Waals surface area (Å²) in [7, 11) is 0. The smallest absolute Gasteiger partial charge is 0.178 e. The maximum absolute atomic E-state index is 12.0. The Morgan fingerprint density at radius 1 is 1.19 bits per heavy atom. The summed E-state index contributed by atoms with van der Waals surface area (Å²) in [5.41, 5.74) is 0.201. The second-order valence-electron chi connectivity index (χ2n) is 11.9. The number of carbonyl (C=O) groups is 1. The molecule has 0 bridgehead atoms. The lowest BCUT2D eigenvalue weighted by molar-refractivity contribution is -0.115. The molecule has 0 heterocycles. The Bertz CT molecular complexity index is 803. The SMILES string of the molecule is CC(C)C(C)/C=C/[C@](C)(O)[C@H]1CC[C@H]2[C@@H]3CCC4=CC(=O)C=C[C@]4(C)[C@H]3CC[C@@]21CO. The highest BCUT2D eigenvalue weighted by atomic mass is 16.3. The van der Waals surface area contributed by atoms with Gasteiger partial charge >= 0.3 is 0 Å². The Hall–Kier alpha value is -1.19. The van der Waals surface area contributed by atoms with Crippen LogP contribution in [0.25, 0.3) is 0 Å². The molecule has 31 heavy (non-hydrogen) atoms. The number of aliphatic hydroxyl groups is 2. The largest absolute Gasteiger partial charge is 0.396 e. The van der Waals surface area contributed by atoms with Gasteiger partial charge in [0, 0.05) is 17.4 Å². The predicted molar refractivity (Wildman–Crippen MR) is 125 cm³/mol. The van der Waals surface area contributed by atoms with Crippen molar-refractivity contribution < 1.29 is 15.0 Å². The highest BCUT2D eigenvalue weighted by molar-refractivity contribution is 6.01. The number of rotatable bonds is 5. The molecule has 0 aromatic carbocycles. The number of aliphatic hydroxyl groups excluding tert-OH is 1. The summed E-state index contributed by atoms with van der Waals surface area (Å²) >= 11 is 0. The minimum Gasteiger partial charge on any atom is -0.396 e. The number of hydrogen-bond donors (Lipinski definition) is 2. The van der Waals surface area contributed by atoms with Crippen LogP contribution < -0.4 is 0 Å². The molecule has 0 aromatic rings. The first-order valence-electron chi connectivity index (χ1n) is 12.5. The van der Waals surface area contributed by atoms with Gasteiger partial charge in [0.05, 0.1) is 5.60 Å². The molecule has 2 N–H and O–H groups in total. The topological polar surface area (TPSA) is 57.5 Å². The van der Waals surface area contributed by atoms with E-state index in [0.717, 1.165) is 38.5 Å². The van der Waals surface area contributed by atoms with Crippen LogP contribution in [0.2, 0.25) is 0 Å². The van der Waals surface area contributed by atoms with Gasteiger partial charge < -0.3 is 10.2 Å². The second kappa shape index (κ2) is 7.99. The molecule has 4 rings (SSSR count). The van der Waals surface area contributed by atoms with Gasteiger partial charge in [-0.3, -0.25) is 4.79 Å². The lowest BCUT2D eigenvalue weighted by Crippen LogP contribution is -2.54. The average Bonchev–Trinajstić information content (AvgIpc) is 3.13. The van der Waals surface area contributed by atoms with Crippen molar-refractivity contribution in [1.82, 2.24) is 0 Å². The van der Waals surface area contributed by atoms with Gasteiger partial charge in [-0.05, 0) is 93.1 Å². The van der Waals surface area contributed by atoms with Crippen molar-refractivity contribution in [3.05, 3.63) is 36.0 Å². The number of fused-ring (bicyclic) bond motifs is 5. The molecule has 172 valence electrons. The summed E-state index contributed by atoms with van der Waals surface area (Å²) in [5.74, 6) is 2.74. The van der Waals surface area contributed by atoms with Crippen LogP contribution in [0.1, 0.15) is 73.1 Å². The Morgan fingerprint density at radius 3 is 2.61 bits per heavy atom. The lowest BCUT2D eigenvalue weighted by atomic mass is 9.47. The zero-order chi connectivity index (χ0) is 22.6. The van der Waals surface area contributed by atoms with E-state index in [2.05, 4.69) is 39.8 Å². The summed E-state index contributed by atoms with van der Waals surface area (Å²) in [6.07, 6.45) is 16.2. The Labute approximate surface area is 188 Å². The van der Waals surface area contributed by atoms with Crippen LogP contribution in [0.4, 0.5) is 0 Å². The number of allylic oxidation sites excluding steroid dienone is 5. The van der Waals surface area contributed by atoms with Crippen molar-refractivity contribution in [2.75, 3.05) is 6.61 Å². The Morgan fingerprint density at radius 2 is 1.94 bits per heavy atom. The molecule has 1 unspecified atom stereocenters. The summed E-state index contributed by atoms with van der Waals surface area (Å²) in [4.78, 5) is 12.0.